The van der Waals surface area contributed by atoms with E-state index in [4.69, 9.17) is 0 Å². The zero-order chi connectivity index (χ0) is 6.62. The van der Waals surface area contributed by atoms with Crippen molar-refractivity contribution < 1.29 is 13.2 Å². The van der Waals surface area contributed by atoms with Crippen LogP contribution in [0.3, 0.4) is 0 Å². The van der Waals surface area contributed by atoms with Crippen LogP contribution >= 0.6 is 0 Å². The van der Waals surface area contributed by atoms with Crippen molar-refractivity contribution in [3.05, 3.63) is 0 Å². The molecule has 0 radical (unpaired) electrons. The molecule has 0 atom stereocenters. The van der Waals surface area contributed by atoms with Crippen molar-refractivity contribution in [3.8, 4) is 0 Å². The van der Waals surface area contributed by atoms with Gasteiger partial charge in [-0.2, -0.15) is 0 Å². The number of hydrogen-bond donors (Lipinski definition) is 1. The lowest BCUT2D eigenvalue weighted by atomic mass is 11.0. The standard InChI is InChI=1S/C3H7NO3S/c1-2-8(6,7)4-3-5/h3H,2H2,1H3,(H,4,5). The van der Waals surface area contributed by atoms with Gasteiger partial charge in [0.25, 0.3) is 0 Å². The maximum Gasteiger partial charge on any atom is 0.234 e. The van der Waals surface area contributed by atoms with E-state index in [9.17, 15) is 13.2 Å². The first-order valence-electron chi connectivity index (χ1n) is 2.06. The fourth-order valence-electron chi connectivity index (χ4n) is 0.157. The van der Waals surface area contributed by atoms with Crippen molar-refractivity contribution in [2.75, 3.05) is 5.75 Å². The Morgan fingerprint density at radius 3 is 2.25 bits per heavy atom. The minimum Gasteiger partial charge on any atom is -0.278 e. The van der Waals surface area contributed by atoms with Crippen molar-refractivity contribution in [2.24, 2.45) is 0 Å². The SMILES string of the molecule is CCS(=O)(=O)NC=O. The molecule has 0 unspecified atom stereocenters. The molecule has 5 heteroatoms. The fourth-order valence-corrected chi connectivity index (χ4v) is 0.470. The summed E-state index contributed by atoms with van der Waals surface area (Å²) in [6, 6.07) is 0. The predicted molar refractivity (Wildman–Crippen MR) is 28.7 cm³/mol. The fraction of sp³-hybridized carbons (Fsp3) is 0.667. The summed E-state index contributed by atoms with van der Waals surface area (Å²) in [6.45, 7) is 1.45. The summed E-state index contributed by atoms with van der Waals surface area (Å²) in [5.74, 6) is -0.0637. The number of carbonyl (C=O) groups is 1. The highest BCUT2D eigenvalue weighted by molar-refractivity contribution is 7.89. The molecule has 0 saturated heterocycles. The number of nitrogens with one attached hydrogen (secondary N) is 1. The molecule has 0 saturated carbocycles. The molecule has 48 valence electrons. The Balaban J connectivity index is 3.94. The van der Waals surface area contributed by atoms with E-state index in [0.29, 0.717) is 0 Å². The molecular formula is C3H7NO3S. The maximum absolute atomic E-state index is 10.3. The Bertz CT molecular complexity index is 159. The van der Waals surface area contributed by atoms with Gasteiger partial charge < -0.3 is 0 Å². The second kappa shape index (κ2) is 2.66. The summed E-state index contributed by atoms with van der Waals surface area (Å²) in [4.78, 5) is 9.49. The quantitative estimate of drug-likeness (QED) is 0.512. The average molecular weight is 137 g/mol. The third kappa shape index (κ3) is 2.57. The molecule has 8 heavy (non-hydrogen) atoms. The van der Waals surface area contributed by atoms with E-state index < -0.39 is 10.0 Å². The van der Waals surface area contributed by atoms with Gasteiger partial charge in [0.2, 0.25) is 16.4 Å². The number of rotatable bonds is 3. The molecule has 0 aliphatic carbocycles. The van der Waals surface area contributed by atoms with Crippen LogP contribution < -0.4 is 4.72 Å². The number of hydrogen-bond acceptors (Lipinski definition) is 3. The topological polar surface area (TPSA) is 63.2 Å². The van der Waals surface area contributed by atoms with Gasteiger partial charge >= 0.3 is 0 Å². The van der Waals surface area contributed by atoms with Crippen LogP contribution in [0, 0.1) is 0 Å². The lowest BCUT2D eigenvalue weighted by molar-refractivity contribution is -0.108. The summed E-state index contributed by atoms with van der Waals surface area (Å²) in [5.41, 5.74) is 0. The first-order chi connectivity index (χ1) is 3.62. The molecule has 0 aromatic heterocycles. The van der Waals surface area contributed by atoms with Gasteiger partial charge in [-0.25, -0.2) is 8.42 Å². The molecule has 0 bridgehead atoms. The monoisotopic (exact) mass is 137 g/mol. The number of sulfonamides is 1. The number of carbonyl (C=O) groups excluding carboxylic acids is 1. The molecule has 0 aromatic rings. The van der Waals surface area contributed by atoms with Crippen molar-refractivity contribution in [3.63, 3.8) is 0 Å². The molecule has 0 aliphatic heterocycles. The van der Waals surface area contributed by atoms with E-state index in [-0.39, 0.29) is 12.2 Å². The smallest absolute Gasteiger partial charge is 0.234 e. The molecular weight excluding hydrogens is 130 g/mol. The van der Waals surface area contributed by atoms with Gasteiger partial charge in [0.05, 0.1) is 5.75 Å². The Labute approximate surface area is 47.9 Å². The molecule has 4 nitrogen and oxygen atoms in total. The third-order valence-electron chi connectivity index (χ3n) is 0.608. The van der Waals surface area contributed by atoms with Crippen LogP contribution in [0.4, 0.5) is 0 Å². The number of amides is 1. The van der Waals surface area contributed by atoms with Crippen LogP contribution in [0.1, 0.15) is 6.92 Å². The van der Waals surface area contributed by atoms with Crippen LogP contribution in [0.5, 0.6) is 0 Å². The Morgan fingerprint density at radius 2 is 2.12 bits per heavy atom. The van der Waals surface area contributed by atoms with Gasteiger partial charge in [0, 0.05) is 0 Å². The Hall–Kier alpha value is -0.580. The summed E-state index contributed by atoms with van der Waals surface area (Å²) in [7, 11) is -3.29. The van der Waals surface area contributed by atoms with Crippen LogP contribution in [0.15, 0.2) is 0 Å². The van der Waals surface area contributed by atoms with Crippen LogP contribution in [0.25, 0.3) is 0 Å². The predicted octanol–water partition coefficient (Wildman–Crippen LogP) is -0.918. The van der Waals surface area contributed by atoms with Gasteiger partial charge in [-0.3, -0.25) is 9.52 Å². The van der Waals surface area contributed by atoms with Gasteiger partial charge in [-0.1, -0.05) is 0 Å². The average Bonchev–Trinajstić information content (AvgIpc) is 1.67. The first kappa shape index (κ1) is 7.42. The van der Waals surface area contributed by atoms with Crippen molar-refractivity contribution in [2.45, 2.75) is 6.92 Å². The van der Waals surface area contributed by atoms with Gasteiger partial charge in [0.1, 0.15) is 0 Å². The van der Waals surface area contributed by atoms with Gasteiger partial charge in [-0.15, -0.1) is 0 Å². The Kier molecular flexibility index (Phi) is 2.47. The van der Waals surface area contributed by atoms with E-state index in [1.54, 1.807) is 4.72 Å². The molecule has 1 N–H and O–H groups in total. The molecule has 0 spiro atoms. The molecule has 1 amide bonds. The van der Waals surface area contributed by atoms with E-state index in [1.165, 1.54) is 6.92 Å². The third-order valence-corrected chi connectivity index (χ3v) is 1.82. The maximum atomic E-state index is 10.3. The van der Waals surface area contributed by atoms with Gasteiger partial charge in [-0.05, 0) is 6.92 Å². The lowest BCUT2D eigenvalue weighted by Gasteiger charge is -1.92. The van der Waals surface area contributed by atoms with Crippen LogP contribution in [-0.4, -0.2) is 20.6 Å². The normalized spacial score (nSPS) is 10.6. The molecule has 0 aromatic carbocycles. The van der Waals surface area contributed by atoms with E-state index in [1.807, 2.05) is 0 Å². The lowest BCUT2D eigenvalue weighted by Crippen LogP contribution is -2.23. The minimum absolute atomic E-state index is 0.0637. The highest BCUT2D eigenvalue weighted by atomic mass is 32.2. The van der Waals surface area contributed by atoms with Gasteiger partial charge in [0.15, 0.2) is 0 Å². The molecule has 0 heterocycles. The minimum atomic E-state index is -3.29. The van der Waals surface area contributed by atoms with Crippen molar-refractivity contribution in [1.82, 2.24) is 4.72 Å². The summed E-state index contributed by atoms with van der Waals surface area (Å²) in [5, 5.41) is 0. The Morgan fingerprint density at radius 1 is 1.62 bits per heavy atom. The van der Waals surface area contributed by atoms with E-state index in [0.717, 1.165) is 0 Å². The summed E-state index contributed by atoms with van der Waals surface area (Å²) >= 11 is 0. The second-order valence-electron chi connectivity index (χ2n) is 1.14. The molecule has 0 aliphatic rings. The summed E-state index contributed by atoms with van der Waals surface area (Å²) < 4.78 is 22.2. The van der Waals surface area contributed by atoms with Crippen LogP contribution in [-0.2, 0) is 14.8 Å². The highest BCUT2D eigenvalue weighted by Crippen LogP contribution is 1.76. The summed E-state index contributed by atoms with van der Waals surface area (Å²) in [6.07, 6.45) is 0.152. The van der Waals surface area contributed by atoms with E-state index >= 15 is 0 Å². The van der Waals surface area contributed by atoms with Crippen molar-refractivity contribution >= 4 is 16.4 Å². The van der Waals surface area contributed by atoms with E-state index in [2.05, 4.69) is 0 Å². The largest absolute Gasteiger partial charge is 0.278 e. The molecule has 0 rings (SSSR count). The highest BCUT2D eigenvalue weighted by Gasteiger charge is 2.00. The zero-order valence-corrected chi connectivity index (χ0v) is 5.23. The first-order valence-corrected chi connectivity index (χ1v) is 3.71. The zero-order valence-electron chi connectivity index (χ0n) is 4.42. The molecule has 0 fully saturated rings. The second-order valence-corrected chi connectivity index (χ2v) is 3.18. The van der Waals surface area contributed by atoms with Crippen LogP contribution in [0.2, 0.25) is 0 Å². The van der Waals surface area contributed by atoms with Crippen molar-refractivity contribution in [1.29, 1.82) is 0 Å².